The zero-order valence-corrected chi connectivity index (χ0v) is 16.8. The molecule has 0 bridgehead atoms. The third kappa shape index (κ3) is 4.11. The Labute approximate surface area is 165 Å². The number of amides is 3. The fraction of sp³-hybridized carbons (Fsp3) is 0.364. The lowest BCUT2D eigenvalue weighted by atomic mass is 10.0. The fourth-order valence-electron chi connectivity index (χ4n) is 3.47. The van der Waals surface area contributed by atoms with Gasteiger partial charge in [-0.3, -0.25) is 4.79 Å². The zero-order chi connectivity index (χ0) is 20.3. The summed E-state index contributed by atoms with van der Waals surface area (Å²) >= 11 is 0. The van der Waals surface area contributed by atoms with E-state index in [0.717, 1.165) is 23.2 Å². The Hall–Kier alpha value is -3.02. The molecule has 0 fully saturated rings. The van der Waals surface area contributed by atoms with E-state index in [2.05, 4.69) is 10.6 Å². The average Bonchev–Trinajstić information content (AvgIpc) is 3.10. The van der Waals surface area contributed by atoms with E-state index in [-0.39, 0.29) is 11.8 Å². The number of urea groups is 1. The third-order valence-corrected chi connectivity index (χ3v) is 4.98. The van der Waals surface area contributed by atoms with E-state index in [1.807, 2.05) is 57.2 Å². The molecule has 148 valence electrons. The van der Waals surface area contributed by atoms with Crippen molar-refractivity contribution in [1.29, 1.82) is 0 Å². The Morgan fingerprint density at radius 2 is 1.89 bits per heavy atom. The minimum Gasteiger partial charge on any atom is -0.495 e. The van der Waals surface area contributed by atoms with Gasteiger partial charge in [0.05, 0.1) is 12.8 Å². The fourth-order valence-corrected chi connectivity index (χ4v) is 3.47. The van der Waals surface area contributed by atoms with Gasteiger partial charge in [-0.25, -0.2) is 4.79 Å². The molecule has 0 saturated heterocycles. The molecule has 1 heterocycles. The number of carbonyl (C=O) groups is 2. The van der Waals surface area contributed by atoms with Crippen molar-refractivity contribution in [2.75, 3.05) is 23.9 Å². The number of nitrogens with zero attached hydrogens (tertiary/aromatic N) is 1. The van der Waals surface area contributed by atoms with Crippen molar-refractivity contribution in [3.8, 4) is 5.75 Å². The first-order chi connectivity index (χ1) is 13.4. The Bertz CT molecular complexity index is 879. The summed E-state index contributed by atoms with van der Waals surface area (Å²) in [6.07, 6.45) is 0.833. The van der Waals surface area contributed by atoms with Crippen molar-refractivity contribution in [3.63, 3.8) is 0 Å². The van der Waals surface area contributed by atoms with Gasteiger partial charge < -0.3 is 20.3 Å². The highest BCUT2D eigenvalue weighted by Gasteiger charge is 2.32. The highest BCUT2D eigenvalue weighted by Crippen LogP contribution is 2.29. The first-order valence-electron chi connectivity index (χ1n) is 9.52. The van der Waals surface area contributed by atoms with E-state index < -0.39 is 12.1 Å². The number of para-hydroxylation sites is 1. The maximum absolute atomic E-state index is 13.2. The van der Waals surface area contributed by atoms with E-state index in [9.17, 15) is 9.59 Å². The average molecular weight is 381 g/mol. The number of methoxy groups -OCH3 is 1. The summed E-state index contributed by atoms with van der Waals surface area (Å²) in [7, 11) is 1.55. The topological polar surface area (TPSA) is 70.7 Å². The minimum atomic E-state index is -0.623. The number of benzene rings is 2. The molecule has 3 rings (SSSR count). The predicted octanol–water partition coefficient (Wildman–Crippen LogP) is 3.74. The molecular weight excluding hydrogens is 354 g/mol. The Kier molecular flexibility index (Phi) is 5.87. The van der Waals surface area contributed by atoms with Crippen LogP contribution >= 0.6 is 0 Å². The number of nitrogens with one attached hydrogen (secondary N) is 2. The van der Waals surface area contributed by atoms with Crippen molar-refractivity contribution >= 4 is 23.3 Å². The second-order valence-corrected chi connectivity index (χ2v) is 7.39. The van der Waals surface area contributed by atoms with Crippen LogP contribution in [0.4, 0.5) is 16.2 Å². The van der Waals surface area contributed by atoms with Gasteiger partial charge in [0.2, 0.25) is 5.91 Å². The Balaban J connectivity index is 1.74. The highest BCUT2D eigenvalue weighted by molar-refractivity contribution is 6.02. The van der Waals surface area contributed by atoms with Crippen LogP contribution < -0.4 is 20.3 Å². The van der Waals surface area contributed by atoms with Crippen LogP contribution in [0.15, 0.2) is 42.5 Å². The van der Waals surface area contributed by atoms with Crippen LogP contribution in [0.2, 0.25) is 0 Å². The van der Waals surface area contributed by atoms with Gasteiger partial charge in [0.15, 0.2) is 0 Å². The summed E-state index contributed by atoms with van der Waals surface area (Å²) in [4.78, 5) is 27.6. The van der Waals surface area contributed by atoms with Gasteiger partial charge in [0.1, 0.15) is 11.8 Å². The zero-order valence-electron chi connectivity index (χ0n) is 16.8. The monoisotopic (exact) mass is 381 g/mol. The van der Waals surface area contributed by atoms with E-state index >= 15 is 0 Å². The molecule has 2 aromatic rings. The lowest BCUT2D eigenvalue weighted by Gasteiger charge is -2.27. The number of fused-ring (bicyclic) bond motifs is 1. The van der Waals surface area contributed by atoms with Crippen LogP contribution in [-0.4, -0.2) is 31.6 Å². The van der Waals surface area contributed by atoms with Gasteiger partial charge in [0, 0.05) is 12.2 Å². The van der Waals surface area contributed by atoms with Gasteiger partial charge in [-0.15, -0.1) is 0 Å². The van der Waals surface area contributed by atoms with Crippen LogP contribution in [0.5, 0.6) is 5.75 Å². The Morgan fingerprint density at radius 3 is 2.61 bits per heavy atom. The molecule has 1 aliphatic rings. The molecule has 0 aromatic heterocycles. The SMILES string of the molecule is COc1ccc(C)cc1NC(=O)NC(C(=O)N1CCc2ccccc21)C(C)C. The van der Waals surface area contributed by atoms with Crippen LogP contribution in [0, 0.1) is 12.8 Å². The molecule has 1 aliphatic heterocycles. The molecule has 0 saturated carbocycles. The second kappa shape index (κ2) is 8.33. The molecule has 0 aliphatic carbocycles. The van der Waals surface area contributed by atoms with E-state index in [0.29, 0.717) is 18.0 Å². The van der Waals surface area contributed by atoms with Gasteiger partial charge in [-0.2, -0.15) is 0 Å². The Morgan fingerprint density at radius 1 is 1.14 bits per heavy atom. The summed E-state index contributed by atoms with van der Waals surface area (Å²) in [5.74, 6) is 0.429. The summed E-state index contributed by atoms with van der Waals surface area (Å²) in [5, 5.41) is 5.65. The highest BCUT2D eigenvalue weighted by atomic mass is 16.5. The minimum absolute atomic E-state index is 0.0505. The largest absolute Gasteiger partial charge is 0.495 e. The lowest BCUT2D eigenvalue weighted by molar-refractivity contribution is -0.121. The van der Waals surface area contributed by atoms with Crippen LogP contribution in [-0.2, 0) is 11.2 Å². The van der Waals surface area contributed by atoms with Crippen molar-refractivity contribution in [2.45, 2.75) is 33.2 Å². The van der Waals surface area contributed by atoms with Gasteiger partial charge in [-0.05, 0) is 48.6 Å². The summed E-state index contributed by atoms with van der Waals surface area (Å²) in [6.45, 7) is 6.43. The predicted molar refractivity (Wildman–Crippen MR) is 111 cm³/mol. The van der Waals surface area contributed by atoms with Crippen LogP contribution in [0.3, 0.4) is 0 Å². The molecule has 0 spiro atoms. The smallest absolute Gasteiger partial charge is 0.320 e. The van der Waals surface area contributed by atoms with Crippen molar-refractivity contribution in [3.05, 3.63) is 53.6 Å². The quantitative estimate of drug-likeness (QED) is 0.829. The maximum atomic E-state index is 13.2. The number of aryl methyl sites for hydroxylation is 1. The molecule has 1 unspecified atom stereocenters. The van der Waals surface area contributed by atoms with E-state index in [1.165, 1.54) is 0 Å². The molecule has 2 aromatic carbocycles. The summed E-state index contributed by atoms with van der Waals surface area (Å²) in [6, 6.07) is 12.4. The normalized spacial score (nSPS) is 13.8. The summed E-state index contributed by atoms with van der Waals surface area (Å²) in [5.41, 5.74) is 3.66. The van der Waals surface area contributed by atoms with Crippen molar-refractivity contribution in [2.24, 2.45) is 5.92 Å². The first kappa shape index (κ1) is 19.7. The van der Waals surface area contributed by atoms with Crippen LogP contribution in [0.25, 0.3) is 0 Å². The second-order valence-electron chi connectivity index (χ2n) is 7.39. The van der Waals surface area contributed by atoms with Crippen molar-refractivity contribution in [1.82, 2.24) is 5.32 Å². The van der Waals surface area contributed by atoms with Gasteiger partial charge in [0.25, 0.3) is 0 Å². The van der Waals surface area contributed by atoms with Gasteiger partial charge >= 0.3 is 6.03 Å². The molecular formula is C22H27N3O3. The molecule has 1 atom stereocenters. The number of carbonyl (C=O) groups excluding carboxylic acids is 2. The third-order valence-electron chi connectivity index (χ3n) is 4.98. The van der Waals surface area contributed by atoms with Gasteiger partial charge in [-0.1, -0.05) is 38.1 Å². The lowest BCUT2D eigenvalue weighted by Crippen LogP contribution is -2.52. The van der Waals surface area contributed by atoms with E-state index in [1.54, 1.807) is 18.1 Å². The number of rotatable bonds is 5. The molecule has 2 N–H and O–H groups in total. The van der Waals surface area contributed by atoms with Crippen molar-refractivity contribution < 1.29 is 14.3 Å². The molecule has 0 radical (unpaired) electrons. The number of hydrogen-bond acceptors (Lipinski definition) is 3. The number of anilines is 2. The number of hydrogen-bond donors (Lipinski definition) is 2. The molecule has 6 nitrogen and oxygen atoms in total. The maximum Gasteiger partial charge on any atom is 0.320 e. The molecule has 6 heteroatoms. The summed E-state index contributed by atoms with van der Waals surface area (Å²) < 4.78 is 5.30. The number of ether oxygens (including phenoxy) is 1. The van der Waals surface area contributed by atoms with E-state index in [4.69, 9.17) is 4.74 Å². The molecule has 28 heavy (non-hydrogen) atoms. The standard InChI is InChI=1S/C22H27N3O3/c1-14(2)20(21(26)25-12-11-16-7-5-6-8-18(16)25)24-22(27)23-17-13-15(3)9-10-19(17)28-4/h5-10,13-14,20H,11-12H2,1-4H3,(H2,23,24,27). The molecule has 3 amide bonds. The van der Waals surface area contributed by atoms with Crippen LogP contribution in [0.1, 0.15) is 25.0 Å². The first-order valence-corrected chi connectivity index (χ1v) is 9.52.